The Morgan fingerprint density at radius 2 is 1.60 bits per heavy atom. The van der Waals surface area contributed by atoms with E-state index < -0.39 is 5.60 Å². The normalized spacial score (nSPS) is 15.0. The molecule has 6 rings (SSSR count). The molecule has 0 aliphatic carbocycles. The number of amides is 1. The van der Waals surface area contributed by atoms with Gasteiger partial charge in [0, 0.05) is 38.1 Å². The Bertz CT molecular complexity index is 1800. The molecule has 0 unspecified atom stereocenters. The predicted molar refractivity (Wildman–Crippen MR) is 185 cm³/mol. The molecule has 1 aliphatic rings. The first-order valence-electron chi connectivity index (χ1n) is 16.3. The van der Waals surface area contributed by atoms with Gasteiger partial charge in [-0.2, -0.15) is 10.1 Å². The fourth-order valence-electron chi connectivity index (χ4n) is 5.91. The van der Waals surface area contributed by atoms with Gasteiger partial charge in [-0.25, -0.2) is 4.79 Å². The Balaban J connectivity index is 1.24. The summed E-state index contributed by atoms with van der Waals surface area (Å²) in [6.07, 6.45) is 1.76. The van der Waals surface area contributed by atoms with E-state index in [-0.39, 0.29) is 6.09 Å². The van der Waals surface area contributed by atoms with E-state index >= 15 is 0 Å². The molecule has 1 atom stereocenters. The van der Waals surface area contributed by atoms with Crippen molar-refractivity contribution in [3.8, 4) is 23.0 Å². The maximum absolute atomic E-state index is 12.7. The number of aryl methyl sites for hydroxylation is 1. The SMILES string of the molecule is Cn1nc(-c2ccc(OCc3ccccc3)nc2OCc2ccccc2)c2cccc(NC[C@@H]3CCCN(C(=O)OC(C)(C)C)C3)c21. The van der Waals surface area contributed by atoms with E-state index in [9.17, 15) is 4.79 Å². The molecule has 9 nitrogen and oxygen atoms in total. The topological polar surface area (TPSA) is 90.7 Å². The minimum atomic E-state index is -0.507. The Labute approximate surface area is 276 Å². The van der Waals surface area contributed by atoms with Crippen molar-refractivity contribution in [1.82, 2.24) is 19.7 Å². The molecule has 1 amide bonds. The van der Waals surface area contributed by atoms with Crippen LogP contribution < -0.4 is 14.8 Å². The van der Waals surface area contributed by atoms with Crippen molar-refractivity contribution in [2.45, 2.75) is 52.4 Å². The number of carbonyl (C=O) groups excluding carboxylic acids is 1. The molecule has 5 aromatic rings. The molecule has 2 aromatic heterocycles. The number of pyridine rings is 1. The molecule has 1 N–H and O–H groups in total. The van der Waals surface area contributed by atoms with E-state index in [1.165, 1.54) is 0 Å². The molecule has 1 fully saturated rings. The molecule has 9 heteroatoms. The van der Waals surface area contributed by atoms with Crippen molar-refractivity contribution in [2.75, 3.05) is 25.0 Å². The lowest BCUT2D eigenvalue weighted by atomic mass is 9.98. The number of carbonyl (C=O) groups is 1. The molecule has 1 saturated heterocycles. The number of rotatable bonds is 10. The third kappa shape index (κ3) is 8.03. The van der Waals surface area contributed by atoms with E-state index in [0.717, 1.165) is 64.9 Å². The number of aromatic nitrogens is 3. The third-order valence-electron chi connectivity index (χ3n) is 8.15. The van der Waals surface area contributed by atoms with Crippen LogP contribution in [0, 0.1) is 5.92 Å². The number of piperidine rings is 1. The highest BCUT2D eigenvalue weighted by Crippen LogP contribution is 2.37. The zero-order valence-corrected chi connectivity index (χ0v) is 27.6. The van der Waals surface area contributed by atoms with Gasteiger partial charge in [-0.15, -0.1) is 0 Å². The van der Waals surface area contributed by atoms with E-state index in [0.29, 0.717) is 37.4 Å². The zero-order valence-electron chi connectivity index (χ0n) is 27.6. The van der Waals surface area contributed by atoms with Crippen LogP contribution in [0.1, 0.15) is 44.7 Å². The van der Waals surface area contributed by atoms with Crippen molar-refractivity contribution in [3.05, 3.63) is 102 Å². The number of benzene rings is 3. The average Bonchev–Trinajstić information content (AvgIpc) is 3.42. The van der Waals surface area contributed by atoms with Crippen LogP contribution in [0.25, 0.3) is 22.2 Å². The van der Waals surface area contributed by atoms with E-state index in [4.69, 9.17) is 24.3 Å². The Kier molecular flexibility index (Phi) is 9.61. The van der Waals surface area contributed by atoms with Crippen LogP contribution in [-0.4, -0.2) is 51.0 Å². The number of hydrogen-bond acceptors (Lipinski definition) is 7. The maximum Gasteiger partial charge on any atom is 0.410 e. The van der Waals surface area contributed by atoms with Crippen molar-refractivity contribution in [1.29, 1.82) is 0 Å². The quantitative estimate of drug-likeness (QED) is 0.168. The molecule has 47 heavy (non-hydrogen) atoms. The van der Waals surface area contributed by atoms with Gasteiger partial charge in [-0.3, -0.25) is 4.68 Å². The third-order valence-corrected chi connectivity index (χ3v) is 8.15. The van der Waals surface area contributed by atoms with E-state index in [1.54, 1.807) is 0 Å². The standard InChI is InChI=1S/C38H43N5O4/c1-38(2,3)47-37(44)43-22-12-17-29(24-43)23-39-32-19-11-18-30-34(41-42(4)35(30)32)31-20-21-33(45-25-27-13-7-5-8-14-27)40-36(31)46-26-28-15-9-6-10-16-28/h5-11,13-16,18-21,29,39H,12,17,22-26H2,1-4H3/t29-/m0/s1. The fraction of sp³-hybridized carbons (Fsp3) is 0.342. The summed E-state index contributed by atoms with van der Waals surface area (Å²) in [5.74, 6) is 1.25. The Morgan fingerprint density at radius 1 is 0.894 bits per heavy atom. The predicted octanol–water partition coefficient (Wildman–Crippen LogP) is 7.85. The minimum Gasteiger partial charge on any atom is -0.473 e. The van der Waals surface area contributed by atoms with Gasteiger partial charge < -0.3 is 24.4 Å². The summed E-state index contributed by atoms with van der Waals surface area (Å²) in [6.45, 7) is 8.61. The molecular formula is C38H43N5O4. The highest BCUT2D eigenvalue weighted by atomic mass is 16.6. The summed E-state index contributed by atoms with van der Waals surface area (Å²) in [5, 5.41) is 9.62. The number of ether oxygens (including phenoxy) is 3. The summed E-state index contributed by atoms with van der Waals surface area (Å²) in [5.41, 5.74) is 5.14. The van der Waals surface area contributed by atoms with Crippen LogP contribution in [0.4, 0.5) is 10.5 Å². The summed E-state index contributed by atoms with van der Waals surface area (Å²) >= 11 is 0. The van der Waals surface area contributed by atoms with Gasteiger partial charge in [0.15, 0.2) is 0 Å². The van der Waals surface area contributed by atoms with Crippen molar-refractivity contribution in [3.63, 3.8) is 0 Å². The molecule has 3 aromatic carbocycles. The average molecular weight is 634 g/mol. The lowest BCUT2D eigenvalue weighted by Crippen LogP contribution is -2.44. The molecular weight excluding hydrogens is 590 g/mol. The van der Waals surface area contributed by atoms with Gasteiger partial charge in [0.2, 0.25) is 11.8 Å². The summed E-state index contributed by atoms with van der Waals surface area (Å²) in [7, 11) is 1.96. The Hall–Kier alpha value is -5.05. The van der Waals surface area contributed by atoms with Crippen LogP contribution in [0.15, 0.2) is 91.0 Å². The van der Waals surface area contributed by atoms with Gasteiger partial charge >= 0.3 is 6.09 Å². The van der Waals surface area contributed by atoms with Gasteiger partial charge in [-0.05, 0) is 62.8 Å². The number of nitrogens with zero attached hydrogens (tertiary/aromatic N) is 4. The summed E-state index contributed by atoms with van der Waals surface area (Å²) in [4.78, 5) is 19.4. The largest absolute Gasteiger partial charge is 0.473 e. The van der Waals surface area contributed by atoms with Crippen LogP contribution in [-0.2, 0) is 25.0 Å². The van der Waals surface area contributed by atoms with E-state index in [1.807, 2.05) is 116 Å². The van der Waals surface area contributed by atoms with Gasteiger partial charge in [0.05, 0.1) is 16.8 Å². The van der Waals surface area contributed by atoms with Gasteiger partial charge in [-0.1, -0.05) is 72.8 Å². The molecule has 0 saturated carbocycles. The lowest BCUT2D eigenvalue weighted by molar-refractivity contribution is 0.0172. The molecule has 0 spiro atoms. The second kappa shape index (κ2) is 14.2. The summed E-state index contributed by atoms with van der Waals surface area (Å²) in [6, 6.07) is 30.1. The zero-order chi connectivity index (χ0) is 32.8. The highest BCUT2D eigenvalue weighted by Gasteiger charge is 2.28. The molecule has 244 valence electrons. The minimum absolute atomic E-state index is 0.240. The van der Waals surface area contributed by atoms with E-state index in [2.05, 4.69) is 17.4 Å². The van der Waals surface area contributed by atoms with Crippen LogP contribution >= 0.6 is 0 Å². The monoisotopic (exact) mass is 633 g/mol. The second-order valence-corrected chi connectivity index (χ2v) is 13.0. The first kappa shape index (κ1) is 31.9. The lowest BCUT2D eigenvalue weighted by Gasteiger charge is -2.34. The van der Waals surface area contributed by atoms with Crippen molar-refractivity contribution >= 4 is 22.7 Å². The number of likely N-dealkylation sites (tertiary alicyclic amines) is 1. The maximum atomic E-state index is 12.7. The number of fused-ring (bicyclic) bond motifs is 1. The second-order valence-electron chi connectivity index (χ2n) is 13.0. The first-order valence-corrected chi connectivity index (χ1v) is 16.3. The summed E-state index contributed by atoms with van der Waals surface area (Å²) < 4.78 is 19.9. The molecule has 3 heterocycles. The van der Waals surface area contributed by atoms with Gasteiger partial charge in [0.1, 0.15) is 24.5 Å². The number of hydrogen-bond donors (Lipinski definition) is 1. The van der Waals surface area contributed by atoms with Crippen molar-refractivity contribution < 1.29 is 19.0 Å². The first-order chi connectivity index (χ1) is 22.7. The molecule has 1 aliphatic heterocycles. The van der Waals surface area contributed by atoms with Crippen LogP contribution in [0.3, 0.4) is 0 Å². The molecule has 0 bridgehead atoms. The Morgan fingerprint density at radius 3 is 2.30 bits per heavy atom. The van der Waals surface area contributed by atoms with Crippen molar-refractivity contribution in [2.24, 2.45) is 13.0 Å². The smallest absolute Gasteiger partial charge is 0.410 e. The van der Waals surface area contributed by atoms with Crippen LogP contribution in [0.5, 0.6) is 11.8 Å². The number of para-hydroxylation sites is 1. The molecule has 0 radical (unpaired) electrons. The fourth-order valence-corrected chi connectivity index (χ4v) is 5.91. The van der Waals surface area contributed by atoms with Gasteiger partial charge in [0.25, 0.3) is 0 Å². The van der Waals surface area contributed by atoms with Crippen LogP contribution in [0.2, 0.25) is 0 Å². The highest BCUT2D eigenvalue weighted by molar-refractivity contribution is 6.00. The number of nitrogens with one attached hydrogen (secondary N) is 1. The number of anilines is 1.